The Morgan fingerprint density at radius 3 is 2.54 bits per heavy atom. The van der Waals surface area contributed by atoms with Crippen LogP contribution in [0.15, 0.2) is 30.5 Å². The van der Waals surface area contributed by atoms with Gasteiger partial charge in [0.25, 0.3) is 0 Å². The van der Waals surface area contributed by atoms with Crippen molar-refractivity contribution in [2.75, 3.05) is 18.5 Å². The summed E-state index contributed by atoms with van der Waals surface area (Å²) in [5, 5.41) is 20.5. The van der Waals surface area contributed by atoms with Crippen LogP contribution in [0, 0.1) is 0 Å². The second-order valence-electron chi connectivity index (χ2n) is 6.02. The van der Waals surface area contributed by atoms with Gasteiger partial charge < -0.3 is 20.3 Å². The van der Waals surface area contributed by atoms with Gasteiger partial charge in [0.2, 0.25) is 0 Å². The molecule has 1 aromatic heterocycles. The molecule has 0 spiro atoms. The third-order valence-corrected chi connectivity index (χ3v) is 4.05. The highest BCUT2D eigenvalue weighted by molar-refractivity contribution is 6.05. The number of carboxylic acids is 2. The summed E-state index contributed by atoms with van der Waals surface area (Å²) < 4.78 is 37.3. The molecule has 1 fully saturated rings. The molecule has 0 unspecified atom stereocenters. The Kier molecular flexibility index (Phi) is 7.16. The molecule has 1 atom stereocenters. The van der Waals surface area contributed by atoms with E-state index in [4.69, 9.17) is 14.6 Å². The van der Waals surface area contributed by atoms with Crippen LogP contribution in [0.4, 0.5) is 18.9 Å². The number of benzene rings is 1. The number of nitrogens with one attached hydrogen (secondary N) is 1. The summed E-state index contributed by atoms with van der Waals surface area (Å²) in [7, 11) is 0. The lowest BCUT2D eigenvalue weighted by atomic mass is 10.1. The number of fused-ring (bicyclic) bond motifs is 1. The van der Waals surface area contributed by atoms with Crippen LogP contribution < -0.4 is 5.32 Å². The first-order valence-corrected chi connectivity index (χ1v) is 8.46. The minimum atomic E-state index is -5.08. The second kappa shape index (κ2) is 9.36. The summed E-state index contributed by atoms with van der Waals surface area (Å²) in [6, 6.07) is 7.10. The number of hydrogen-bond acceptors (Lipinski definition) is 5. The van der Waals surface area contributed by atoms with Crippen LogP contribution >= 0.6 is 0 Å². The lowest BCUT2D eigenvalue weighted by Gasteiger charge is -2.13. The molecular weight excluding hydrogens is 381 g/mol. The fourth-order valence-electron chi connectivity index (χ4n) is 2.74. The summed E-state index contributed by atoms with van der Waals surface area (Å²) in [5.74, 6) is -3.71. The molecule has 2 heterocycles. The number of aromatic nitrogens is 1. The number of ether oxygens (including phenoxy) is 1. The van der Waals surface area contributed by atoms with Gasteiger partial charge in [0.05, 0.1) is 17.2 Å². The van der Waals surface area contributed by atoms with E-state index >= 15 is 0 Å². The van der Waals surface area contributed by atoms with Crippen molar-refractivity contribution in [3.8, 4) is 0 Å². The highest BCUT2D eigenvalue weighted by atomic mass is 19.4. The van der Waals surface area contributed by atoms with Gasteiger partial charge in [-0.15, -0.1) is 0 Å². The van der Waals surface area contributed by atoms with E-state index in [-0.39, 0.29) is 5.56 Å². The monoisotopic (exact) mass is 400 g/mol. The summed E-state index contributed by atoms with van der Waals surface area (Å²) in [5.41, 5.74) is 1.67. The zero-order valence-corrected chi connectivity index (χ0v) is 14.7. The van der Waals surface area contributed by atoms with Gasteiger partial charge in [-0.05, 0) is 31.4 Å². The van der Waals surface area contributed by atoms with Crippen LogP contribution in [0.5, 0.6) is 0 Å². The van der Waals surface area contributed by atoms with Gasteiger partial charge in [0.15, 0.2) is 0 Å². The lowest BCUT2D eigenvalue weighted by Crippen LogP contribution is -2.21. The quantitative estimate of drug-likeness (QED) is 0.704. The Morgan fingerprint density at radius 1 is 1.25 bits per heavy atom. The van der Waals surface area contributed by atoms with Crippen LogP contribution in [0.3, 0.4) is 0 Å². The molecule has 3 rings (SSSR count). The number of carbonyl (C=O) groups is 2. The number of carboxylic acid groups (broad SMARTS) is 2. The number of aliphatic carboxylic acids is 1. The summed E-state index contributed by atoms with van der Waals surface area (Å²) in [6.45, 7) is 1.67. The Labute approximate surface area is 158 Å². The molecule has 1 saturated heterocycles. The van der Waals surface area contributed by atoms with Crippen molar-refractivity contribution >= 4 is 28.5 Å². The number of nitrogens with zero attached hydrogens (tertiary/aromatic N) is 1. The van der Waals surface area contributed by atoms with Crippen molar-refractivity contribution in [3.05, 3.63) is 36.0 Å². The lowest BCUT2D eigenvalue weighted by molar-refractivity contribution is -0.192. The molecule has 0 bridgehead atoms. The minimum Gasteiger partial charge on any atom is -0.478 e. The zero-order chi connectivity index (χ0) is 20.7. The number of pyridine rings is 1. The molecule has 0 saturated carbocycles. The number of hydrogen-bond donors (Lipinski definition) is 3. The topological polar surface area (TPSA) is 109 Å². The summed E-state index contributed by atoms with van der Waals surface area (Å²) in [6.07, 6.45) is 0.137. The van der Waals surface area contributed by atoms with Crippen molar-refractivity contribution in [1.29, 1.82) is 0 Å². The van der Waals surface area contributed by atoms with Gasteiger partial charge in [-0.3, -0.25) is 4.98 Å². The molecule has 10 heteroatoms. The molecule has 1 aromatic carbocycles. The van der Waals surface area contributed by atoms with Crippen LogP contribution in [-0.2, 0) is 9.53 Å². The van der Waals surface area contributed by atoms with Crippen molar-refractivity contribution in [1.82, 2.24) is 4.98 Å². The second-order valence-corrected chi connectivity index (χ2v) is 6.02. The van der Waals surface area contributed by atoms with E-state index in [1.165, 1.54) is 0 Å². The minimum absolute atomic E-state index is 0.232. The van der Waals surface area contributed by atoms with Crippen molar-refractivity contribution < 1.29 is 37.7 Å². The first-order chi connectivity index (χ1) is 13.2. The molecule has 1 aliphatic rings. The van der Waals surface area contributed by atoms with Gasteiger partial charge in [-0.2, -0.15) is 13.2 Å². The molecule has 0 aliphatic carbocycles. The van der Waals surface area contributed by atoms with Gasteiger partial charge in [-0.25, -0.2) is 9.59 Å². The van der Waals surface area contributed by atoms with E-state index in [0.29, 0.717) is 11.6 Å². The Bertz CT molecular complexity index is 836. The number of aromatic carboxylic acids is 1. The molecule has 7 nitrogen and oxygen atoms in total. The Hall–Kier alpha value is -2.88. The van der Waals surface area contributed by atoms with Crippen LogP contribution in [0.1, 0.15) is 29.6 Å². The molecule has 152 valence electrons. The van der Waals surface area contributed by atoms with Gasteiger partial charge in [0.1, 0.15) is 0 Å². The first kappa shape index (κ1) is 21.4. The Balaban J connectivity index is 0.000000345. The predicted octanol–water partition coefficient (Wildman–Crippen LogP) is 3.55. The maximum absolute atomic E-state index is 11.2. The fraction of sp³-hybridized carbons (Fsp3) is 0.389. The molecule has 1 aliphatic heterocycles. The SMILES string of the molecule is O=C(O)C(F)(F)F.O=C(O)c1cccc2c(NCC[C@H]3CCCO3)ccnc12. The number of alkyl halides is 3. The van der Waals surface area contributed by atoms with Gasteiger partial charge in [-0.1, -0.05) is 12.1 Å². The third-order valence-electron chi connectivity index (χ3n) is 4.05. The smallest absolute Gasteiger partial charge is 0.478 e. The number of halogens is 3. The maximum atomic E-state index is 11.2. The van der Waals surface area contributed by atoms with Crippen molar-refractivity contribution in [3.63, 3.8) is 0 Å². The average molecular weight is 400 g/mol. The van der Waals surface area contributed by atoms with Gasteiger partial charge in [0, 0.05) is 30.4 Å². The molecule has 2 aromatic rings. The molecular formula is C18H19F3N2O5. The number of para-hydroxylation sites is 1. The van der Waals surface area contributed by atoms with Crippen LogP contribution in [-0.4, -0.2) is 52.6 Å². The number of anilines is 1. The van der Waals surface area contributed by atoms with Gasteiger partial charge >= 0.3 is 18.1 Å². The molecule has 3 N–H and O–H groups in total. The predicted molar refractivity (Wildman–Crippen MR) is 94.5 cm³/mol. The number of rotatable bonds is 5. The van der Waals surface area contributed by atoms with Crippen molar-refractivity contribution in [2.24, 2.45) is 0 Å². The van der Waals surface area contributed by atoms with E-state index in [2.05, 4.69) is 10.3 Å². The molecule has 0 radical (unpaired) electrons. The van der Waals surface area contributed by atoms with E-state index in [9.17, 15) is 23.1 Å². The largest absolute Gasteiger partial charge is 0.490 e. The van der Waals surface area contributed by atoms with Crippen LogP contribution in [0.25, 0.3) is 10.9 Å². The summed E-state index contributed by atoms with van der Waals surface area (Å²) >= 11 is 0. The fourth-order valence-corrected chi connectivity index (χ4v) is 2.74. The maximum Gasteiger partial charge on any atom is 0.490 e. The molecule has 28 heavy (non-hydrogen) atoms. The standard InChI is InChI=1S/C16H18N2O3.C2HF3O2/c19-16(20)13-5-1-4-12-14(7-9-18-15(12)13)17-8-6-11-3-2-10-21-11;3-2(4,5)1(6)7/h1,4-5,7,9,11H,2-3,6,8,10H2,(H,17,18)(H,19,20);(H,6,7)/t11-;/m1./s1. The normalized spacial score (nSPS) is 16.3. The highest BCUT2D eigenvalue weighted by Crippen LogP contribution is 2.24. The first-order valence-electron chi connectivity index (χ1n) is 8.46. The van der Waals surface area contributed by atoms with Crippen LogP contribution in [0.2, 0.25) is 0 Å². The van der Waals surface area contributed by atoms with E-state index in [1.54, 1.807) is 18.3 Å². The highest BCUT2D eigenvalue weighted by Gasteiger charge is 2.38. The van der Waals surface area contributed by atoms with Crippen molar-refractivity contribution in [2.45, 2.75) is 31.5 Å². The third kappa shape index (κ3) is 5.81. The zero-order valence-electron chi connectivity index (χ0n) is 14.7. The molecule has 0 amide bonds. The van der Waals surface area contributed by atoms with E-state index in [1.807, 2.05) is 12.1 Å². The van der Waals surface area contributed by atoms with E-state index < -0.39 is 18.1 Å². The average Bonchev–Trinajstić information content (AvgIpc) is 3.14. The Morgan fingerprint density at radius 2 is 1.96 bits per heavy atom. The van der Waals surface area contributed by atoms with E-state index in [0.717, 1.165) is 43.5 Å². The summed E-state index contributed by atoms with van der Waals surface area (Å²) in [4.78, 5) is 24.3.